The Morgan fingerprint density at radius 3 is 2.85 bits per heavy atom. The van der Waals surface area contributed by atoms with Crippen LogP contribution in [0.25, 0.3) is 10.9 Å². The van der Waals surface area contributed by atoms with E-state index in [1.54, 1.807) is 13.4 Å². The minimum atomic E-state index is 0.00269. The summed E-state index contributed by atoms with van der Waals surface area (Å²) in [5, 5.41) is 8.43. The number of aromatic nitrogens is 4. The molecule has 3 aromatic rings. The molecule has 1 aromatic carbocycles. The molecule has 7 nitrogen and oxygen atoms in total. The lowest BCUT2D eigenvalue weighted by molar-refractivity contribution is 0.246. The van der Waals surface area contributed by atoms with Crippen LogP contribution in [0.1, 0.15) is 23.4 Å². The molecule has 1 aliphatic heterocycles. The first-order valence-electron chi connectivity index (χ1n) is 9.67. The second kappa shape index (κ2) is 6.49. The summed E-state index contributed by atoms with van der Waals surface area (Å²) >= 11 is 0. The zero-order chi connectivity index (χ0) is 18.4. The van der Waals surface area contributed by atoms with Gasteiger partial charge in [0.25, 0.3) is 5.56 Å². The molecule has 0 unspecified atom stereocenters. The lowest BCUT2D eigenvalue weighted by Crippen LogP contribution is -2.46. The molecule has 0 spiro atoms. The van der Waals surface area contributed by atoms with Gasteiger partial charge >= 0.3 is 0 Å². The largest absolute Gasteiger partial charge is 0.369 e. The number of fused-ring (bicyclic) bond motifs is 2. The van der Waals surface area contributed by atoms with Crippen LogP contribution in [0.5, 0.6) is 0 Å². The highest BCUT2D eigenvalue weighted by Gasteiger charge is 2.23. The number of anilines is 1. The fourth-order valence-corrected chi connectivity index (χ4v) is 4.29. The molecule has 27 heavy (non-hydrogen) atoms. The molecule has 2 aromatic heterocycles. The lowest BCUT2D eigenvalue weighted by Gasteiger charge is -2.36. The van der Waals surface area contributed by atoms with Crippen molar-refractivity contribution in [3.63, 3.8) is 0 Å². The van der Waals surface area contributed by atoms with E-state index < -0.39 is 0 Å². The Morgan fingerprint density at radius 1 is 1.15 bits per heavy atom. The van der Waals surface area contributed by atoms with Crippen LogP contribution in [-0.2, 0) is 26.4 Å². The summed E-state index contributed by atoms with van der Waals surface area (Å²) in [5.41, 5.74) is 5.95. The summed E-state index contributed by atoms with van der Waals surface area (Å²) in [5.74, 6) is 0. The number of benzene rings is 1. The van der Waals surface area contributed by atoms with Gasteiger partial charge in [0.05, 0.1) is 22.9 Å². The Balaban J connectivity index is 1.28. The van der Waals surface area contributed by atoms with Gasteiger partial charge in [0.15, 0.2) is 0 Å². The van der Waals surface area contributed by atoms with Crippen molar-refractivity contribution in [2.45, 2.75) is 25.8 Å². The van der Waals surface area contributed by atoms with E-state index in [2.05, 4.69) is 25.0 Å². The van der Waals surface area contributed by atoms with Crippen molar-refractivity contribution in [1.82, 2.24) is 24.6 Å². The summed E-state index contributed by atoms with van der Waals surface area (Å²) in [6.07, 6.45) is 5.16. The van der Waals surface area contributed by atoms with Gasteiger partial charge < -0.3 is 9.47 Å². The highest BCUT2D eigenvalue weighted by molar-refractivity contribution is 5.81. The molecule has 0 amide bonds. The zero-order valence-corrected chi connectivity index (χ0v) is 15.6. The van der Waals surface area contributed by atoms with Crippen LogP contribution >= 0.6 is 0 Å². The lowest BCUT2D eigenvalue weighted by atomic mass is 10.1. The van der Waals surface area contributed by atoms with Gasteiger partial charge in [0.2, 0.25) is 0 Å². The average Bonchev–Trinajstić information content (AvgIpc) is 3.30. The van der Waals surface area contributed by atoms with Crippen molar-refractivity contribution in [2.75, 3.05) is 31.1 Å². The van der Waals surface area contributed by atoms with Crippen LogP contribution in [0, 0.1) is 0 Å². The predicted octanol–water partition coefficient (Wildman–Crippen LogP) is 1.47. The Bertz CT molecular complexity index is 1040. The third-order valence-electron chi connectivity index (χ3n) is 5.90. The highest BCUT2D eigenvalue weighted by atomic mass is 16.1. The zero-order valence-electron chi connectivity index (χ0n) is 15.6. The average molecular weight is 364 g/mol. The van der Waals surface area contributed by atoms with Gasteiger partial charge in [0, 0.05) is 51.2 Å². The number of H-pyrrole nitrogens is 1. The third kappa shape index (κ3) is 2.92. The van der Waals surface area contributed by atoms with Gasteiger partial charge in [0.1, 0.15) is 0 Å². The minimum Gasteiger partial charge on any atom is -0.369 e. The number of aromatic amines is 1. The van der Waals surface area contributed by atoms with Crippen molar-refractivity contribution in [3.8, 4) is 0 Å². The topological polar surface area (TPSA) is 70.1 Å². The van der Waals surface area contributed by atoms with Crippen LogP contribution in [0.3, 0.4) is 0 Å². The van der Waals surface area contributed by atoms with Gasteiger partial charge in [-0.3, -0.25) is 14.8 Å². The fourth-order valence-electron chi connectivity index (χ4n) is 4.29. The maximum atomic E-state index is 12.2. The van der Waals surface area contributed by atoms with Crippen molar-refractivity contribution in [2.24, 2.45) is 7.05 Å². The molecule has 1 fully saturated rings. The second-order valence-electron chi connectivity index (χ2n) is 7.61. The van der Waals surface area contributed by atoms with Crippen LogP contribution in [-0.4, -0.2) is 50.8 Å². The van der Waals surface area contributed by atoms with E-state index in [1.807, 2.05) is 18.2 Å². The molecular formula is C20H24N6O. The number of nitrogens with zero attached hydrogens (tertiary/aromatic N) is 5. The second-order valence-corrected chi connectivity index (χ2v) is 7.61. The first kappa shape index (κ1) is 16.5. The molecule has 0 saturated carbocycles. The molecule has 0 radical (unpaired) electrons. The van der Waals surface area contributed by atoms with Gasteiger partial charge in [-0.2, -0.15) is 5.10 Å². The first-order chi connectivity index (χ1) is 13.2. The standard InChI is InChI=1S/C20H24N6O/c1-24-13-21-18-11-14(5-6-16(18)20(24)27)26-9-7-25(8-10-26)12-19-15-3-2-4-17(15)22-23-19/h5-6,11,13H,2-4,7-10,12H2,1H3,(H,22,23). The highest BCUT2D eigenvalue weighted by Crippen LogP contribution is 2.25. The summed E-state index contributed by atoms with van der Waals surface area (Å²) in [6, 6.07) is 5.98. The van der Waals surface area contributed by atoms with Gasteiger partial charge in [-0.05, 0) is 43.0 Å². The molecule has 0 atom stereocenters. The number of hydrogen-bond donors (Lipinski definition) is 1. The molecule has 0 bridgehead atoms. The van der Waals surface area contributed by atoms with Crippen molar-refractivity contribution < 1.29 is 0 Å². The SMILES string of the molecule is Cn1cnc2cc(N3CCN(Cc4n[nH]c5c4CCC5)CC3)ccc2c1=O. The van der Waals surface area contributed by atoms with E-state index >= 15 is 0 Å². The van der Waals surface area contributed by atoms with E-state index in [4.69, 9.17) is 0 Å². The Morgan fingerprint density at radius 2 is 2.00 bits per heavy atom. The minimum absolute atomic E-state index is 0.00269. The van der Waals surface area contributed by atoms with Crippen molar-refractivity contribution >= 4 is 16.6 Å². The molecule has 2 aliphatic rings. The van der Waals surface area contributed by atoms with Gasteiger partial charge in [-0.25, -0.2) is 4.98 Å². The van der Waals surface area contributed by atoms with Crippen molar-refractivity contribution in [1.29, 1.82) is 0 Å². The van der Waals surface area contributed by atoms with Crippen LogP contribution in [0.15, 0.2) is 29.3 Å². The summed E-state index contributed by atoms with van der Waals surface area (Å²) < 4.78 is 1.52. The van der Waals surface area contributed by atoms with Gasteiger partial charge in [-0.15, -0.1) is 0 Å². The predicted molar refractivity (Wildman–Crippen MR) is 105 cm³/mol. The van der Waals surface area contributed by atoms with E-state index in [0.717, 1.165) is 50.3 Å². The summed E-state index contributed by atoms with van der Waals surface area (Å²) in [4.78, 5) is 21.5. The molecule has 5 rings (SSSR count). The number of hydrogen-bond acceptors (Lipinski definition) is 5. The Kier molecular flexibility index (Phi) is 3.97. The van der Waals surface area contributed by atoms with Gasteiger partial charge in [-0.1, -0.05) is 0 Å². The maximum absolute atomic E-state index is 12.2. The fraction of sp³-hybridized carbons (Fsp3) is 0.450. The van der Waals surface area contributed by atoms with Crippen LogP contribution in [0.4, 0.5) is 5.69 Å². The number of nitrogens with one attached hydrogen (secondary N) is 1. The van der Waals surface area contributed by atoms with E-state index in [1.165, 1.54) is 34.4 Å². The van der Waals surface area contributed by atoms with Crippen LogP contribution < -0.4 is 10.5 Å². The monoisotopic (exact) mass is 364 g/mol. The number of aryl methyl sites for hydroxylation is 2. The van der Waals surface area contributed by atoms with Crippen LogP contribution in [0.2, 0.25) is 0 Å². The Hall–Kier alpha value is -2.67. The first-order valence-corrected chi connectivity index (χ1v) is 9.67. The molecule has 1 N–H and O–H groups in total. The van der Waals surface area contributed by atoms with E-state index in [-0.39, 0.29) is 5.56 Å². The molecule has 7 heteroatoms. The van der Waals surface area contributed by atoms with E-state index in [0.29, 0.717) is 5.39 Å². The van der Waals surface area contributed by atoms with E-state index in [9.17, 15) is 4.79 Å². The third-order valence-corrected chi connectivity index (χ3v) is 5.90. The normalized spacial score (nSPS) is 17.6. The molecule has 3 heterocycles. The number of piperazine rings is 1. The Labute approximate surface area is 157 Å². The quantitative estimate of drug-likeness (QED) is 0.762. The number of rotatable bonds is 3. The molecule has 1 saturated heterocycles. The summed E-state index contributed by atoms with van der Waals surface area (Å²) in [7, 11) is 1.73. The maximum Gasteiger partial charge on any atom is 0.260 e. The summed E-state index contributed by atoms with van der Waals surface area (Å²) in [6.45, 7) is 4.92. The smallest absolute Gasteiger partial charge is 0.260 e. The molecule has 1 aliphatic carbocycles. The molecular weight excluding hydrogens is 340 g/mol. The van der Waals surface area contributed by atoms with Crippen molar-refractivity contribution in [3.05, 3.63) is 51.8 Å². The molecule has 140 valence electrons.